The number of fused-ring (bicyclic) bond motifs is 1. The Labute approximate surface area is 77.3 Å². The number of nitrogens with two attached hydrogens (primary N) is 1. The summed E-state index contributed by atoms with van der Waals surface area (Å²) in [6.07, 6.45) is 0. The van der Waals surface area contributed by atoms with E-state index in [9.17, 15) is 0 Å². The minimum absolute atomic E-state index is 0.588. The molecule has 0 saturated heterocycles. The minimum atomic E-state index is 0.588. The van der Waals surface area contributed by atoms with E-state index in [4.69, 9.17) is 5.73 Å². The summed E-state index contributed by atoms with van der Waals surface area (Å²) in [5, 5.41) is 0. The van der Waals surface area contributed by atoms with Crippen LogP contribution in [-0.4, -0.2) is 12.3 Å². The first-order valence-corrected chi connectivity index (χ1v) is 5.24. The quantitative estimate of drug-likeness (QED) is 0.715. The molecule has 0 radical (unpaired) electrons. The fourth-order valence-corrected chi connectivity index (χ4v) is 3.04. The maximum atomic E-state index is 5.69. The van der Waals surface area contributed by atoms with E-state index in [1.807, 2.05) is 11.8 Å². The molecule has 1 unspecified atom stereocenters. The van der Waals surface area contributed by atoms with Crippen LogP contribution in [0, 0.1) is 6.92 Å². The zero-order valence-corrected chi connectivity index (χ0v) is 8.03. The van der Waals surface area contributed by atoms with Gasteiger partial charge in [-0.2, -0.15) is 0 Å². The van der Waals surface area contributed by atoms with E-state index in [1.54, 1.807) is 0 Å². The van der Waals surface area contributed by atoms with Crippen molar-refractivity contribution in [3.63, 3.8) is 0 Å². The zero-order chi connectivity index (χ0) is 8.55. The third-order valence-electron chi connectivity index (χ3n) is 2.40. The molecule has 2 N–H and O–H groups in total. The second-order valence-electron chi connectivity index (χ2n) is 3.24. The van der Waals surface area contributed by atoms with Gasteiger partial charge in [0.15, 0.2) is 0 Å². The Bertz CT molecular complexity index is 296. The SMILES string of the molecule is Cc1cccc2c1SCC2CN. The van der Waals surface area contributed by atoms with E-state index in [-0.39, 0.29) is 0 Å². The molecule has 0 bridgehead atoms. The number of rotatable bonds is 1. The second kappa shape index (κ2) is 3.11. The van der Waals surface area contributed by atoms with Crippen molar-refractivity contribution in [2.24, 2.45) is 5.73 Å². The average molecular weight is 179 g/mol. The summed E-state index contributed by atoms with van der Waals surface area (Å²) in [5.74, 6) is 1.75. The highest BCUT2D eigenvalue weighted by molar-refractivity contribution is 7.99. The normalized spacial score (nSPS) is 21.0. The summed E-state index contributed by atoms with van der Waals surface area (Å²) in [6.45, 7) is 2.95. The monoisotopic (exact) mass is 179 g/mol. The van der Waals surface area contributed by atoms with Crippen molar-refractivity contribution >= 4 is 11.8 Å². The summed E-state index contributed by atoms with van der Waals surface area (Å²) in [4.78, 5) is 1.47. The Morgan fingerprint density at radius 1 is 1.58 bits per heavy atom. The molecule has 0 fully saturated rings. The Balaban J connectivity index is 2.46. The van der Waals surface area contributed by atoms with Crippen LogP contribution in [0.4, 0.5) is 0 Å². The van der Waals surface area contributed by atoms with Crippen LogP contribution in [0.15, 0.2) is 23.1 Å². The standard InChI is InChI=1S/C10H13NS/c1-7-3-2-4-9-8(5-11)6-12-10(7)9/h2-4,8H,5-6,11H2,1H3. The summed E-state index contributed by atoms with van der Waals surface area (Å²) in [7, 11) is 0. The molecule has 1 heterocycles. The van der Waals surface area contributed by atoms with Gasteiger partial charge in [0, 0.05) is 23.1 Å². The second-order valence-corrected chi connectivity index (χ2v) is 4.27. The zero-order valence-electron chi connectivity index (χ0n) is 7.21. The number of benzene rings is 1. The molecule has 1 aromatic rings. The van der Waals surface area contributed by atoms with Gasteiger partial charge in [0.25, 0.3) is 0 Å². The fourth-order valence-electron chi connectivity index (χ4n) is 1.66. The first kappa shape index (κ1) is 8.14. The number of hydrogen-bond acceptors (Lipinski definition) is 2. The summed E-state index contributed by atoms with van der Waals surface area (Å²) < 4.78 is 0. The van der Waals surface area contributed by atoms with Gasteiger partial charge in [0.05, 0.1) is 0 Å². The van der Waals surface area contributed by atoms with Gasteiger partial charge in [0.2, 0.25) is 0 Å². The molecule has 0 aliphatic carbocycles. The first-order valence-electron chi connectivity index (χ1n) is 4.25. The molecule has 64 valence electrons. The third-order valence-corrected chi connectivity index (χ3v) is 3.81. The van der Waals surface area contributed by atoms with Crippen LogP contribution >= 0.6 is 11.8 Å². The van der Waals surface area contributed by atoms with E-state index in [2.05, 4.69) is 25.1 Å². The van der Waals surface area contributed by atoms with Crippen LogP contribution in [0.3, 0.4) is 0 Å². The van der Waals surface area contributed by atoms with Gasteiger partial charge in [-0.1, -0.05) is 18.2 Å². The van der Waals surface area contributed by atoms with Gasteiger partial charge in [-0.25, -0.2) is 0 Å². The van der Waals surface area contributed by atoms with Crippen LogP contribution in [0.5, 0.6) is 0 Å². The van der Waals surface area contributed by atoms with E-state index in [0.29, 0.717) is 5.92 Å². The lowest BCUT2D eigenvalue weighted by Crippen LogP contribution is -2.11. The third kappa shape index (κ3) is 1.15. The minimum Gasteiger partial charge on any atom is -0.330 e. The Kier molecular flexibility index (Phi) is 2.11. The molecule has 0 amide bonds. The number of aryl methyl sites for hydroxylation is 1. The van der Waals surface area contributed by atoms with E-state index in [0.717, 1.165) is 12.3 Å². The number of thioether (sulfide) groups is 1. The molecule has 1 atom stereocenters. The molecule has 1 aliphatic heterocycles. The van der Waals surface area contributed by atoms with Crippen molar-refractivity contribution in [1.29, 1.82) is 0 Å². The van der Waals surface area contributed by atoms with E-state index < -0.39 is 0 Å². The maximum absolute atomic E-state index is 5.69. The molecule has 0 aromatic heterocycles. The van der Waals surface area contributed by atoms with Crippen LogP contribution < -0.4 is 5.73 Å². The lowest BCUT2D eigenvalue weighted by atomic mass is 10.00. The van der Waals surface area contributed by atoms with Gasteiger partial charge >= 0.3 is 0 Å². The number of hydrogen-bond donors (Lipinski definition) is 1. The fraction of sp³-hybridized carbons (Fsp3) is 0.400. The molecule has 2 heteroatoms. The molecule has 0 spiro atoms. The highest BCUT2D eigenvalue weighted by atomic mass is 32.2. The smallest absolute Gasteiger partial charge is 0.0137 e. The molecule has 0 saturated carbocycles. The lowest BCUT2D eigenvalue weighted by molar-refractivity contribution is 0.785. The van der Waals surface area contributed by atoms with E-state index in [1.165, 1.54) is 16.0 Å². The topological polar surface area (TPSA) is 26.0 Å². The van der Waals surface area contributed by atoms with Crippen molar-refractivity contribution in [1.82, 2.24) is 0 Å². The molecular formula is C10H13NS. The molecule has 2 rings (SSSR count). The summed E-state index contributed by atoms with van der Waals surface area (Å²) in [6, 6.07) is 6.51. The van der Waals surface area contributed by atoms with Crippen LogP contribution in [0.25, 0.3) is 0 Å². The van der Waals surface area contributed by atoms with E-state index >= 15 is 0 Å². The predicted octanol–water partition coefficient (Wildman–Crippen LogP) is 2.14. The van der Waals surface area contributed by atoms with Crippen molar-refractivity contribution < 1.29 is 0 Å². The molecule has 1 nitrogen and oxygen atoms in total. The van der Waals surface area contributed by atoms with Gasteiger partial charge in [-0.3, -0.25) is 0 Å². The lowest BCUT2D eigenvalue weighted by Gasteiger charge is -2.06. The molecule has 1 aromatic carbocycles. The maximum Gasteiger partial charge on any atom is 0.0137 e. The molecule has 1 aliphatic rings. The van der Waals surface area contributed by atoms with Crippen molar-refractivity contribution in [3.8, 4) is 0 Å². The van der Waals surface area contributed by atoms with Crippen LogP contribution in [-0.2, 0) is 0 Å². The van der Waals surface area contributed by atoms with Crippen molar-refractivity contribution in [2.45, 2.75) is 17.7 Å². The molecular weight excluding hydrogens is 166 g/mol. The van der Waals surface area contributed by atoms with Gasteiger partial charge in [-0.15, -0.1) is 11.8 Å². The highest BCUT2D eigenvalue weighted by Crippen LogP contribution is 2.40. The van der Waals surface area contributed by atoms with Crippen LogP contribution in [0.2, 0.25) is 0 Å². The largest absolute Gasteiger partial charge is 0.330 e. The molecule has 12 heavy (non-hydrogen) atoms. The van der Waals surface area contributed by atoms with Crippen molar-refractivity contribution in [2.75, 3.05) is 12.3 Å². The summed E-state index contributed by atoms with van der Waals surface area (Å²) in [5.41, 5.74) is 8.54. The van der Waals surface area contributed by atoms with Gasteiger partial charge in [-0.05, 0) is 18.1 Å². The van der Waals surface area contributed by atoms with Gasteiger partial charge < -0.3 is 5.73 Å². The average Bonchev–Trinajstić information content (AvgIpc) is 2.49. The van der Waals surface area contributed by atoms with Crippen LogP contribution in [0.1, 0.15) is 17.0 Å². The highest BCUT2D eigenvalue weighted by Gasteiger charge is 2.22. The predicted molar refractivity (Wildman–Crippen MR) is 53.7 cm³/mol. The summed E-state index contributed by atoms with van der Waals surface area (Å²) >= 11 is 1.95. The Morgan fingerprint density at radius 3 is 3.17 bits per heavy atom. The Morgan fingerprint density at radius 2 is 2.42 bits per heavy atom. The first-order chi connectivity index (χ1) is 5.83. The van der Waals surface area contributed by atoms with Crippen molar-refractivity contribution in [3.05, 3.63) is 29.3 Å². The van der Waals surface area contributed by atoms with Gasteiger partial charge in [0.1, 0.15) is 0 Å². The Hall–Kier alpha value is -0.470.